The van der Waals surface area contributed by atoms with E-state index in [0.29, 0.717) is 11.4 Å². The van der Waals surface area contributed by atoms with E-state index in [1.54, 1.807) is 12.1 Å². The third-order valence-electron chi connectivity index (χ3n) is 3.49. The van der Waals surface area contributed by atoms with Gasteiger partial charge in [0.1, 0.15) is 8.77 Å². The van der Waals surface area contributed by atoms with Crippen LogP contribution in [0.3, 0.4) is 0 Å². The molecule has 0 aliphatic carbocycles. The van der Waals surface area contributed by atoms with Crippen molar-refractivity contribution < 1.29 is 16.8 Å². The molecule has 0 fully saturated rings. The molecule has 2 rings (SSSR count). The lowest BCUT2D eigenvalue weighted by molar-refractivity contribution is 0.353. The third kappa shape index (κ3) is 7.24. The van der Waals surface area contributed by atoms with Gasteiger partial charge in [-0.25, -0.2) is 17.3 Å². The van der Waals surface area contributed by atoms with Gasteiger partial charge in [0.15, 0.2) is 0 Å². The molecule has 0 aromatic heterocycles. The standard InChI is InChI=1S/C17H22N4O4S3/c1-21(2)16-8-4-14(5-9-16)19-20-15-6-10-17(11-7-15)28(23,24)18-12-13-25-27(3,22)26/h4-11,18H,12-13H2,1-3H3. The zero-order valence-corrected chi connectivity index (χ0v) is 18.2. The molecular formula is C17H22N4O4S3. The zero-order chi connectivity index (χ0) is 20.8. The summed E-state index contributed by atoms with van der Waals surface area (Å²) in [5, 5.41) is 8.25. The Bertz CT molecular complexity index is 1020. The van der Waals surface area contributed by atoms with Crippen LogP contribution < -0.4 is 9.62 Å². The third-order valence-corrected chi connectivity index (χ3v) is 5.85. The summed E-state index contributed by atoms with van der Waals surface area (Å²) in [5.74, 6) is 0. The van der Waals surface area contributed by atoms with E-state index in [0.717, 1.165) is 5.69 Å². The van der Waals surface area contributed by atoms with Crippen LogP contribution in [-0.2, 0) is 34.2 Å². The molecule has 0 saturated heterocycles. The average Bonchev–Trinajstić information content (AvgIpc) is 2.63. The molecule has 1 atom stereocenters. The maximum Gasteiger partial charge on any atom is 0.240 e. The second-order valence-electron chi connectivity index (χ2n) is 6.03. The lowest BCUT2D eigenvalue weighted by Crippen LogP contribution is -2.28. The Morgan fingerprint density at radius 1 is 0.964 bits per heavy atom. The molecule has 152 valence electrons. The monoisotopic (exact) mass is 442 g/mol. The smallest absolute Gasteiger partial charge is 0.240 e. The van der Waals surface area contributed by atoms with Crippen molar-refractivity contribution in [1.82, 2.24) is 4.72 Å². The molecular weight excluding hydrogens is 420 g/mol. The van der Waals surface area contributed by atoms with Crippen molar-refractivity contribution in [2.75, 3.05) is 38.4 Å². The van der Waals surface area contributed by atoms with Crippen molar-refractivity contribution in [2.45, 2.75) is 4.90 Å². The van der Waals surface area contributed by atoms with Crippen LogP contribution in [0.15, 0.2) is 63.7 Å². The summed E-state index contributed by atoms with van der Waals surface area (Å²) >= 11 is 4.58. The number of anilines is 1. The molecule has 0 radical (unpaired) electrons. The summed E-state index contributed by atoms with van der Waals surface area (Å²) in [6.07, 6.45) is 1.26. The number of nitrogens with one attached hydrogen (secondary N) is 1. The van der Waals surface area contributed by atoms with Crippen molar-refractivity contribution in [3.63, 3.8) is 0 Å². The number of hydrogen-bond acceptors (Lipinski definition) is 8. The molecule has 0 spiro atoms. The Morgan fingerprint density at radius 2 is 1.46 bits per heavy atom. The Kier molecular flexibility index (Phi) is 7.61. The highest BCUT2D eigenvalue weighted by Gasteiger charge is 2.13. The summed E-state index contributed by atoms with van der Waals surface area (Å²) in [6, 6.07) is 13.5. The largest absolute Gasteiger partial charge is 0.378 e. The summed E-state index contributed by atoms with van der Waals surface area (Å²) in [4.78, 5) is 2.06. The first-order chi connectivity index (χ1) is 13.1. The van der Waals surface area contributed by atoms with Crippen LogP contribution in [0.5, 0.6) is 0 Å². The van der Waals surface area contributed by atoms with Crippen molar-refractivity contribution in [2.24, 2.45) is 10.2 Å². The number of azo groups is 1. The van der Waals surface area contributed by atoms with Crippen LogP contribution in [0.4, 0.5) is 17.1 Å². The van der Waals surface area contributed by atoms with Crippen LogP contribution in [0, 0.1) is 0 Å². The van der Waals surface area contributed by atoms with E-state index >= 15 is 0 Å². The fourth-order valence-electron chi connectivity index (χ4n) is 2.08. The number of nitrogens with zero attached hydrogens (tertiary/aromatic N) is 3. The Hall–Kier alpha value is -1.92. The Morgan fingerprint density at radius 3 is 1.93 bits per heavy atom. The fraction of sp³-hybridized carbons (Fsp3) is 0.294. The van der Waals surface area contributed by atoms with Gasteiger partial charge in [-0.1, -0.05) is 0 Å². The van der Waals surface area contributed by atoms with Gasteiger partial charge in [-0.05, 0) is 48.5 Å². The van der Waals surface area contributed by atoms with Gasteiger partial charge in [0.25, 0.3) is 0 Å². The summed E-state index contributed by atoms with van der Waals surface area (Å²) in [7, 11) is -2.58. The van der Waals surface area contributed by atoms with E-state index in [9.17, 15) is 12.6 Å². The zero-order valence-electron chi connectivity index (χ0n) is 15.7. The molecule has 0 bridgehead atoms. The van der Waals surface area contributed by atoms with Crippen molar-refractivity contribution in [3.8, 4) is 0 Å². The minimum Gasteiger partial charge on any atom is -0.378 e. The van der Waals surface area contributed by atoms with E-state index in [-0.39, 0.29) is 18.0 Å². The van der Waals surface area contributed by atoms with Crippen LogP contribution in [0.2, 0.25) is 0 Å². The highest BCUT2D eigenvalue weighted by Crippen LogP contribution is 2.22. The minimum atomic E-state index is -3.71. The van der Waals surface area contributed by atoms with Gasteiger partial charge in [0.05, 0.1) is 22.9 Å². The molecule has 28 heavy (non-hydrogen) atoms. The molecule has 2 aromatic rings. The van der Waals surface area contributed by atoms with E-state index in [1.807, 2.05) is 43.3 Å². The normalized spacial score (nSPS) is 14.1. The number of hydrogen-bond donors (Lipinski definition) is 1. The molecule has 1 N–H and O–H groups in total. The Balaban J connectivity index is 1.98. The van der Waals surface area contributed by atoms with E-state index in [2.05, 4.69) is 26.1 Å². The first-order valence-corrected chi connectivity index (χ1v) is 12.5. The average molecular weight is 443 g/mol. The van der Waals surface area contributed by atoms with Gasteiger partial charge in [0, 0.05) is 43.8 Å². The van der Waals surface area contributed by atoms with Gasteiger partial charge in [0.2, 0.25) is 10.0 Å². The first-order valence-electron chi connectivity index (χ1n) is 8.20. The quantitative estimate of drug-likeness (QED) is 0.473. The molecule has 0 saturated carbocycles. The summed E-state index contributed by atoms with van der Waals surface area (Å²) in [6.45, 7) is -0.106. The molecule has 1 unspecified atom stereocenters. The van der Waals surface area contributed by atoms with Crippen molar-refractivity contribution in [3.05, 3.63) is 48.5 Å². The predicted octanol–water partition coefficient (Wildman–Crippen LogP) is 2.75. The molecule has 8 nitrogen and oxygen atoms in total. The molecule has 0 aliphatic rings. The van der Waals surface area contributed by atoms with Gasteiger partial charge in [-0.2, -0.15) is 10.2 Å². The summed E-state index contributed by atoms with van der Waals surface area (Å²) in [5.41, 5.74) is 2.27. The van der Waals surface area contributed by atoms with Gasteiger partial charge in [-0.3, -0.25) is 4.18 Å². The van der Waals surface area contributed by atoms with Crippen LogP contribution >= 0.6 is 0 Å². The lowest BCUT2D eigenvalue weighted by Gasteiger charge is -2.11. The van der Waals surface area contributed by atoms with E-state index in [1.165, 1.54) is 18.4 Å². The second-order valence-corrected chi connectivity index (χ2v) is 11.3. The maximum absolute atomic E-state index is 12.2. The molecule has 0 aliphatic heterocycles. The van der Waals surface area contributed by atoms with Crippen molar-refractivity contribution in [1.29, 1.82) is 0 Å². The Labute approximate surface area is 170 Å². The number of sulfonamides is 1. The van der Waals surface area contributed by atoms with Crippen LogP contribution in [-0.4, -0.2) is 46.1 Å². The second kappa shape index (κ2) is 9.52. The fourth-order valence-corrected chi connectivity index (χ4v) is 3.68. The van der Waals surface area contributed by atoms with Crippen molar-refractivity contribution >= 4 is 47.0 Å². The molecule has 0 amide bonds. The SMILES string of the molecule is CN(C)c1ccc(N=Nc2ccc(S(=O)(=O)NCCOS(C)(=O)=S)cc2)cc1. The van der Waals surface area contributed by atoms with Crippen LogP contribution in [0.1, 0.15) is 0 Å². The highest BCUT2D eigenvalue weighted by atomic mass is 32.8. The maximum atomic E-state index is 12.2. The van der Waals surface area contributed by atoms with Crippen LogP contribution in [0.25, 0.3) is 0 Å². The first kappa shape index (κ1) is 22.4. The highest BCUT2D eigenvalue weighted by molar-refractivity contribution is 8.29. The van der Waals surface area contributed by atoms with Gasteiger partial charge < -0.3 is 4.90 Å². The number of rotatable bonds is 9. The number of benzene rings is 2. The van der Waals surface area contributed by atoms with Gasteiger partial charge >= 0.3 is 0 Å². The molecule has 2 aromatic carbocycles. The summed E-state index contributed by atoms with van der Waals surface area (Å²) < 4.78 is 42.9. The lowest BCUT2D eigenvalue weighted by atomic mass is 10.3. The minimum absolute atomic E-state index is 0.0335. The predicted molar refractivity (Wildman–Crippen MR) is 114 cm³/mol. The van der Waals surface area contributed by atoms with E-state index < -0.39 is 18.8 Å². The molecule has 0 heterocycles. The van der Waals surface area contributed by atoms with E-state index in [4.69, 9.17) is 4.18 Å². The van der Waals surface area contributed by atoms with Gasteiger partial charge in [-0.15, -0.1) is 0 Å². The topological polar surface area (TPSA) is 100 Å². The molecule has 11 heteroatoms.